The van der Waals surface area contributed by atoms with Crippen LogP contribution in [-0.2, 0) is 16.1 Å². The molecule has 6 nitrogen and oxygen atoms in total. The van der Waals surface area contributed by atoms with Crippen molar-refractivity contribution in [1.29, 1.82) is 0 Å². The fraction of sp³-hybridized carbons (Fsp3) is 0.588. The van der Waals surface area contributed by atoms with Crippen molar-refractivity contribution in [2.24, 2.45) is 11.7 Å². The zero-order valence-corrected chi connectivity index (χ0v) is 13.7. The number of piperidine rings is 1. The van der Waals surface area contributed by atoms with Gasteiger partial charge in [-0.1, -0.05) is 13.0 Å². The first-order chi connectivity index (χ1) is 11.0. The van der Waals surface area contributed by atoms with Gasteiger partial charge in [-0.2, -0.15) is 0 Å². The average molecular weight is 318 g/mol. The summed E-state index contributed by atoms with van der Waals surface area (Å²) in [5.74, 6) is -0.581. The van der Waals surface area contributed by atoms with Crippen molar-refractivity contribution in [3.8, 4) is 0 Å². The molecule has 0 unspecified atom stereocenters. The first kappa shape index (κ1) is 17.4. The van der Waals surface area contributed by atoms with Crippen LogP contribution in [0.5, 0.6) is 0 Å². The predicted octanol–water partition coefficient (Wildman–Crippen LogP) is 1.06. The topological polar surface area (TPSA) is 88.3 Å². The van der Waals surface area contributed by atoms with Crippen molar-refractivity contribution in [3.63, 3.8) is 0 Å². The highest BCUT2D eigenvalue weighted by Crippen LogP contribution is 2.13. The standard InChI is InChI=1S/C17H26N4O2/c1-13(17(18)23)5-6-16(22)20-14-7-10-21(11-8-14)12-15-4-2-3-9-19-15/h2-4,9,13-14H,5-8,10-12H2,1H3,(H2,18,23)(H,20,22)/t13-/m0/s1. The van der Waals surface area contributed by atoms with E-state index in [0.29, 0.717) is 12.8 Å². The summed E-state index contributed by atoms with van der Waals surface area (Å²) in [4.78, 5) is 29.6. The molecule has 6 heteroatoms. The number of hydrogen-bond donors (Lipinski definition) is 2. The smallest absolute Gasteiger partial charge is 0.220 e. The van der Waals surface area contributed by atoms with Crippen LogP contribution in [0.4, 0.5) is 0 Å². The molecule has 126 valence electrons. The molecule has 0 bridgehead atoms. The van der Waals surface area contributed by atoms with E-state index in [9.17, 15) is 9.59 Å². The van der Waals surface area contributed by atoms with Gasteiger partial charge < -0.3 is 11.1 Å². The fourth-order valence-electron chi connectivity index (χ4n) is 2.75. The van der Waals surface area contributed by atoms with Crippen molar-refractivity contribution < 1.29 is 9.59 Å². The number of pyridine rings is 1. The number of rotatable bonds is 7. The van der Waals surface area contributed by atoms with Gasteiger partial charge >= 0.3 is 0 Å². The lowest BCUT2D eigenvalue weighted by molar-refractivity contribution is -0.123. The number of likely N-dealkylation sites (tertiary alicyclic amines) is 1. The molecule has 0 aromatic carbocycles. The number of carbonyl (C=O) groups is 2. The van der Waals surface area contributed by atoms with Gasteiger partial charge in [0, 0.05) is 44.2 Å². The zero-order chi connectivity index (χ0) is 16.7. The zero-order valence-electron chi connectivity index (χ0n) is 13.7. The van der Waals surface area contributed by atoms with Crippen molar-refractivity contribution in [3.05, 3.63) is 30.1 Å². The van der Waals surface area contributed by atoms with Gasteiger partial charge in [-0.05, 0) is 31.4 Å². The minimum Gasteiger partial charge on any atom is -0.369 e. The van der Waals surface area contributed by atoms with Gasteiger partial charge in [0.05, 0.1) is 5.69 Å². The molecule has 0 spiro atoms. The van der Waals surface area contributed by atoms with Crippen LogP contribution in [0.3, 0.4) is 0 Å². The third-order valence-corrected chi connectivity index (χ3v) is 4.35. The van der Waals surface area contributed by atoms with E-state index >= 15 is 0 Å². The van der Waals surface area contributed by atoms with E-state index in [-0.39, 0.29) is 23.8 Å². The van der Waals surface area contributed by atoms with Crippen LogP contribution in [-0.4, -0.2) is 40.8 Å². The minimum absolute atomic E-state index is 0.0151. The number of hydrogen-bond acceptors (Lipinski definition) is 4. The molecule has 0 radical (unpaired) electrons. The average Bonchev–Trinajstić information content (AvgIpc) is 2.55. The Hall–Kier alpha value is -1.95. The molecule has 2 heterocycles. The first-order valence-electron chi connectivity index (χ1n) is 8.25. The summed E-state index contributed by atoms with van der Waals surface area (Å²) >= 11 is 0. The summed E-state index contributed by atoms with van der Waals surface area (Å²) in [7, 11) is 0. The molecule has 1 atom stereocenters. The number of carbonyl (C=O) groups excluding carboxylic acids is 2. The van der Waals surface area contributed by atoms with Gasteiger partial charge in [-0.15, -0.1) is 0 Å². The molecule has 3 N–H and O–H groups in total. The molecule has 2 amide bonds. The number of amides is 2. The fourth-order valence-corrected chi connectivity index (χ4v) is 2.75. The third-order valence-electron chi connectivity index (χ3n) is 4.35. The van der Waals surface area contributed by atoms with Crippen LogP contribution < -0.4 is 11.1 Å². The van der Waals surface area contributed by atoms with Gasteiger partial charge in [0.25, 0.3) is 0 Å². The van der Waals surface area contributed by atoms with Crippen molar-refractivity contribution in [1.82, 2.24) is 15.2 Å². The maximum Gasteiger partial charge on any atom is 0.220 e. The monoisotopic (exact) mass is 318 g/mol. The van der Waals surface area contributed by atoms with E-state index in [4.69, 9.17) is 5.73 Å². The van der Waals surface area contributed by atoms with Gasteiger partial charge in [-0.3, -0.25) is 19.5 Å². The van der Waals surface area contributed by atoms with Crippen LogP contribution in [0, 0.1) is 5.92 Å². The van der Waals surface area contributed by atoms with Crippen LogP contribution in [0.15, 0.2) is 24.4 Å². The van der Waals surface area contributed by atoms with E-state index in [1.54, 1.807) is 6.92 Å². The number of nitrogens with one attached hydrogen (secondary N) is 1. The van der Waals surface area contributed by atoms with Crippen LogP contribution >= 0.6 is 0 Å². The third kappa shape index (κ3) is 5.98. The van der Waals surface area contributed by atoms with Crippen LogP contribution in [0.1, 0.15) is 38.3 Å². The van der Waals surface area contributed by atoms with E-state index < -0.39 is 0 Å². The molecule has 1 aliphatic rings. The Labute approximate surface area is 137 Å². The largest absolute Gasteiger partial charge is 0.369 e. The van der Waals surface area contributed by atoms with Crippen LogP contribution in [0.25, 0.3) is 0 Å². The maximum atomic E-state index is 11.9. The SMILES string of the molecule is C[C@@H](CCC(=O)NC1CCN(Cc2ccccn2)CC1)C(N)=O. The summed E-state index contributed by atoms with van der Waals surface area (Å²) in [6, 6.07) is 6.19. The molecule has 1 aliphatic heterocycles. The highest BCUT2D eigenvalue weighted by molar-refractivity contribution is 5.79. The Morgan fingerprint density at radius 1 is 1.39 bits per heavy atom. The maximum absolute atomic E-state index is 11.9. The van der Waals surface area contributed by atoms with Gasteiger partial charge in [0.15, 0.2) is 0 Å². The first-order valence-corrected chi connectivity index (χ1v) is 8.25. The number of nitrogens with two attached hydrogens (primary N) is 1. The molecule has 23 heavy (non-hydrogen) atoms. The Bertz CT molecular complexity index is 513. The molecule has 0 saturated carbocycles. The summed E-state index contributed by atoms with van der Waals surface area (Å²) in [6.45, 7) is 4.53. The Balaban J connectivity index is 1.66. The highest BCUT2D eigenvalue weighted by atomic mass is 16.2. The van der Waals surface area contributed by atoms with Crippen LogP contribution in [0.2, 0.25) is 0 Å². The predicted molar refractivity (Wildman–Crippen MR) is 88.3 cm³/mol. The second-order valence-electron chi connectivity index (χ2n) is 6.28. The van der Waals surface area contributed by atoms with Crippen molar-refractivity contribution in [2.45, 2.75) is 45.2 Å². The molecule has 1 saturated heterocycles. The number of primary amides is 1. The quantitative estimate of drug-likeness (QED) is 0.787. The lowest BCUT2D eigenvalue weighted by atomic mass is 10.0. The number of nitrogens with zero attached hydrogens (tertiary/aromatic N) is 2. The lowest BCUT2D eigenvalue weighted by Gasteiger charge is -2.32. The van der Waals surface area contributed by atoms with Gasteiger partial charge in [0.2, 0.25) is 11.8 Å². The Morgan fingerprint density at radius 2 is 2.13 bits per heavy atom. The molecule has 1 fully saturated rings. The minimum atomic E-state index is -0.347. The van der Waals surface area contributed by atoms with Gasteiger partial charge in [-0.25, -0.2) is 0 Å². The Kier molecular flexibility index (Phi) is 6.52. The highest BCUT2D eigenvalue weighted by Gasteiger charge is 2.21. The van der Waals surface area contributed by atoms with Gasteiger partial charge in [0.1, 0.15) is 0 Å². The lowest BCUT2D eigenvalue weighted by Crippen LogP contribution is -2.44. The van der Waals surface area contributed by atoms with E-state index in [0.717, 1.165) is 38.2 Å². The molecule has 1 aromatic heterocycles. The number of aromatic nitrogens is 1. The molecule has 2 rings (SSSR count). The van der Waals surface area contributed by atoms with E-state index in [1.807, 2.05) is 24.4 Å². The Morgan fingerprint density at radius 3 is 2.74 bits per heavy atom. The summed E-state index contributed by atoms with van der Waals surface area (Å²) < 4.78 is 0. The summed E-state index contributed by atoms with van der Waals surface area (Å²) in [6.07, 6.45) is 4.58. The molecular formula is C17H26N4O2. The second kappa shape index (κ2) is 8.62. The molecule has 1 aromatic rings. The molecular weight excluding hydrogens is 292 g/mol. The second-order valence-corrected chi connectivity index (χ2v) is 6.28. The van der Waals surface area contributed by atoms with E-state index in [2.05, 4.69) is 15.2 Å². The van der Waals surface area contributed by atoms with Crippen molar-refractivity contribution in [2.75, 3.05) is 13.1 Å². The summed E-state index contributed by atoms with van der Waals surface area (Å²) in [5.41, 5.74) is 6.28. The molecule has 0 aliphatic carbocycles. The normalized spacial score (nSPS) is 17.6. The summed E-state index contributed by atoms with van der Waals surface area (Å²) in [5, 5.41) is 3.06. The van der Waals surface area contributed by atoms with E-state index in [1.165, 1.54) is 0 Å². The van der Waals surface area contributed by atoms with Crippen molar-refractivity contribution >= 4 is 11.8 Å².